The maximum atomic E-state index is 12.5. The molecule has 3 rings (SSSR count). The fraction of sp³-hybridized carbons (Fsp3) is 0.846. The molecule has 1 atom stereocenters. The number of carboxylic acid groups (broad SMARTS) is 1. The molecule has 0 spiro atoms. The number of rotatable bonds is 4. The van der Waals surface area contributed by atoms with Crippen molar-refractivity contribution in [1.29, 1.82) is 0 Å². The van der Waals surface area contributed by atoms with Gasteiger partial charge in [-0.1, -0.05) is 0 Å². The summed E-state index contributed by atoms with van der Waals surface area (Å²) in [7, 11) is 0. The van der Waals surface area contributed by atoms with Gasteiger partial charge in [0.2, 0.25) is 5.91 Å². The average molecular weight is 253 g/mol. The van der Waals surface area contributed by atoms with Crippen molar-refractivity contribution in [1.82, 2.24) is 4.90 Å². The van der Waals surface area contributed by atoms with Crippen molar-refractivity contribution in [3.8, 4) is 0 Å². The van der Waals surface area contributed by atoms with Crippen LogP contribution in [0.3, 0.4) is 0 Å². The number of carboxylic acids is 1. The second-order valence-corrected chi connectivity index (χ2v) is 5.68. The zero-order chi connectivity index (χ0) is 12.7. The molecule has 0 aromatic heterocycles. The van der Waals surface area contributed by atoms with E-state index in [1.165, 1.54) is 25.7 Å². The molecular formula is C13H19NO4. The van der Waals surface area contributed by atoms with Gasteiger partial charge < -0.3 is 14.7 Å². The molecule has 2 saturated carbocycles. The summed E-state index contributed by atoms with van der Waals surface area (Å²) in [5.41, 5.74) is 0. The molecular weight excluding hydrogens is 234 g/mol. The Labute approximate surface area is 106 Å². The van der Waals surface area contributed by atoms with E-state index < -0.39 is 12.1 Å². The topological polar surface area (TPSA) is 66.8 Å². The Hall–Kier alpha value is -1.10. The standard InChI is InChI=1S/C13H19NO4/c15-12(11(8-1-2-8)9-3-4-9)14-5-6-18-10(7-14)13(16)17/h8-11H,1-7H2,(H,16,17). The fourth-order valence-corrected chi connectivity index (χ4v) is 2.91. The van der Waals surface area contributed by atoms with Crippen LogP contribution in [-0.4, -0.2) is 47.7 Å². The van der Waals surface area contributed by atoms with E-state index in [2.05, 4.69) is 0 Å². The number of carbonyl (C=O) groups is 2. The first-order valence-electron chi connectivity index (χ1n) is 6.80. The van der Waals surface area contributed by atoms with Crippen LogP contribution >= 0.6 is 0 Å². The molecule has 100 valence electrons. The molecule has 3 aliphatic rings. The summed E-state index contributed by atoms with van der Waals surface area (Å²) in [6.45, 7) is 1.09. The van der Waals surface area contributed by atoms with E-state index in [1.807, 2.05) is 0 Å². The Bertz CT molecular complexity index is 350. The average Bonchev–Trinajstić information content (AvgIpc) is 3.23. The van der Waals surface area contributed by atoms with E-state index in [0.717, 1.165) is 0 Å². The van der Waals surface area contributed by atoms with Crippen molar-refractivity contribution >= 4 is 11.9 Å². The minimum Gasteiger partial charge on any atom is -0.479 e. The van der Waals surface area contributed by atoms with Crippen LogP contribution in [0.25, 0.3) is 0 Å². The molecule has 1 N–H and O–H groups in total. The normalized spacial score (nSPS) is 28.5. The van der Waals surface area contributed by atoms with Gasteiger partial charge in [0.05, 0.1) is 13.2 Å². The Morgan fingerprint density at radius 1 is 1.17 bits per heavy atom. The van der Waals surface area contributed by atoms with E-state index in [-0.39, 0.29) is 18.4 Å². The summed E-state index contributed by atoms with van der Waals surface area (Å²) < 4.78 is 5.16. The minimum absolute atomic E-state index is 0.164. The molecule has 0 aromatic rings. The predicted molar refractivity (Wildman–Crippen MR) is 62.9 cm³/mol. The molecule has 5 heteroatoms. The lowest BCUT2D eigenvalue weighted by atomic mass is 9.96. The molecule has 0 aromatic carbocycles. The third-order valence-electron chi connectivity index (χ3n) is 4.20. The quantitative estimate of drug-likeness (QED) is 0.802. The van der Waals surface area contributed by atoms with Crippen LogP contribution in [0.5, 0.6) is 0 Å². The first kappa shape index (κ1) is 12.0. The second-order valence-electron chi connectivity index (χ2n) is 5.68. The summed E-state index contributed by atoms with van der Waals surface area (Å²) in [6.07, 6.45) is 3.82. The molecule has 1 heterocycles. The molecule has 0 bridgehead atoms. The van der Waals surface area contributed by atoms with Gasteiger partial charge in [0.25, 0.3) is 0 Å². The largest absolute Gasteiger partial charge is 0.479 e. The van der Waals surface area contributed by atoms with Gasteiger partial charge in [0.1, 0.15) is 0 Å². The van der Waals surface area contributed by atoms with Crippen LogP contribution in [-0.2, 0) is 14.3 Å². The van der Waals surface area contributed by atoms with E-state index in [1.54, 1.807) is 4.90 Å². The van der Waals surface area contributed by atoms with Gasteiger partial charge in [-0.05, 0) is 37.5 Å². The van der Waals surface area contributed by atoms with Crippen molar-refractivity contribution in [2.75, 3.05) is 19.7 Å². The lowest BCUT2D eigenvalue weighted by Crippen LogP contribution is -2.50. The van der Waals surface area contributed by atoms with Crippen LogP contribution in [0, 0.1) is 17.8 Å². The minimum atomic E-state index is -0.970. The summed E-state index contributed by atoms with van der Waals surface area (Å²) in [5.74, 6) is 0.501. The van der Waals surface area contributed by atoms with E-state index in [0.29, 0.717) is 25.0 Å². The molecule has 5 nitrogen and oxygen atoms in total. The number of ether oxygens (including phenoxy) is 1. The molecule has 18 heavy (non-hydrogen) atoms. The maximum Gasteiger partial charge on any atom is 0.334 e. The molecule has 1 saturated heterocycles. The van der Waals surface area contributed by atoms with E-state index >= 15 is 0 Å². The highest BCUT2D eigenvalue weighted by Crippen LogP contribution is 2.50. The first-order chi connectivity index (χ1) is 8.66. The third-order valence-corrected chi connectivity index (χ3v) is 4.20. The zero-order valence-electron chi connectivity index (χ0n) is 10.4. The van der Waals surface area contributed by atoms with Gasteiger partial charge in [-0.25, -0.2) is 4.79 Å². The highest BCUT2D eigenvalue weighted by atomic mass is 16.5. The van der Waals surface area contributed by atoms with Crippen molar-refractivity contribution < 1.29 is 19.4 Å². The number of hydrogen-bond acceptors (Lipinski definition) is 3. The lowest BCUT2D eigenvalue weighted by molar-refractivity contribution is -0.161. The lowest BCUT2D eigenvalue weighted by Gasteiger charge is -2.33. The van der Waals surface area contributed by atoms with Gasteiger partial charge in [0.15, 0.2) is 6.10 Å². The number of amides is 1. The van der Waals surface area contributed by atoms with Crippen LogP contribution in [0.15, 0.2) is 0 Å². The number of aliphatic carboxylic acids is 1. The number of nitrogens with zero attached hydrogens (tertiary/aromatic N) is 1. The van der Waals surface area contributed by atoms with Crippen molar-refractivity contribution in [2.24, 2.45) is 17.8 Å². The number of morpholine rings is 1. The highest BCUT2D eigenvalue weighted by Gasteiger charge is 2.47. The van der Waals surface area contributed by atoms with Crippen molar-refractivity contribution in [2.45, 2.75) is 31.8 Å². The van der Waals surface area contributed by atoms with Crippen LogP contribution in [0.1, 0.15) is 25.7 Å². The van der Waals surface area contributed by atoms with Gasteiger partial charge in [-0.2, -0.15) is 0 Å². The predicted octanol–water partition coefficient (Wildman–Crippen LogP) is 0.735. The SMILES string of the molecule is O=C(O)C1CN(C(=O)C(C2CC2)C2CC2)CCO1. The summed E-state index contributed by atoms with van der Waals surface area (Å²) in [6, 6.07) is 0. The Kier molecular flexibility index (Phi) is 3.01. The molecule has 2 aliphatic carbocycles. The maximum absolute atomic E-state index is 12.5. The van der Waals surface area contributed by atoms with Gasteiger partial charge in [0, 0.05) is 12.5 Å². The molecule has 1 amide bonds. The number of hydrogen-bond donors (Lipinski definition) is 1. The van der Waals surface area contributed by atoms with Crippen LogP contribution < -0.4 is 0 Å². The van der Waals surface area contributed by atoms with E-state index in [4.69, 9.17) is 9.84 Å². The summed E-state index contributed by atoms with van der Waals surface area (Å²) in [4.78, 5) is 25.1. The highest BCUT2D eigenvalue weighted by molar-refractivity contribution is 5.81. The van der Waals surface area contributed by atoms with Gasteiger partial charge in [-0.3, -0.25) is 4.79 Å². The Balaban J connectivity index is 1.65. The monoisotopic (exact) mass is 253 g/mol. The van der Waals surface area contributed by atoms with Crippen LogP contribution in [0.2, 0.25) is 0 Å². The molecule has 1 aliphatic heterocycles. The number of carbonyl (C=O) groups excluding carboxylic acids is 1. The second kappa shape index (κ2) is 4.53. The zero-order valence-corrected chi connectivity index (χ0v) is 10.4. The molecule has 1 unspecified atom stereocenters. The fourth-order valence-electron chi connectivity index (χ4n) is 2.91. The Morgan fingerprint density at radius 3 is 2.28 bits per heavy atom. The summed E-state index contributed by atoms with van der Waals surface area (Å²) >= 11 is 0. The van der Waals surface area contributed by atoms with Gasteiger partial charge >= 0.3 is 5.97 Å². The van der Waals surface area contributed by atoms with Crippen molar-refractivity contribution in [3.63, 3.8) is 0 Å². The van der Waals surface area contributed by atoms with Gasteiger partial charge in [-0.15, -0.1) is 0 Å². The third kappa shape index (κ3) is 2.36. The van der Waals surface area contributed by atoms with Crippen molar-refractivity contribution in [3.05, 3.63) is 0 Å². The molecule has 3 fully saturated rings. The molecule has 0 radical (unpaired) electrons. The summed E-state index contributed by atoms with van der Waals surface area (Å²) in [5, 5.41) is 8.96. The first-order valence-corrected chi connectivity index (χ1v) is 6.80. The van der Waals surface area contributed by atoms with E-state index in [9.17, 15) is 9.59 Å². The van der Waals surface area contributed by atoms with Crippen LogP contribution in [0.4, 0.5) is 0 Å². The Morgan fingerprint density at radius 2 is 1.78 bits per heavy atom. The smallest absolute Gasteiger partial charge is 0.334 e.